The minimum Gasteiger partial charge on any atom is -0.491 e. The fraction of sp³-hybridized carbons (Fsp3) is 0.400. The van der Waals surface area contributed by atoms with Crippen LogP contribution in [0.4, 0.5) is 0 Å². The molecule has 1 aromatic carbocycles. The van der Waals surface area contributed by atoms with E-state index in [0.29, 0.717) is 18.8 Å². The maximum atomic E-state index is 11.1. The van der Waals surface area contributed by atoms with Gasteiger partial charge in [-0.1, -0.05) is 24.8 Å². The third kappa shape index (κ3) is 6.62. The molecule has 4 nitrogen and oxygen atoms in total. The summed E-state index contributed by atoms with van der Waals surface area (Å²) < 4.78 is 15.9. The molecule has 0 saturated heterocycles. The Bertz CT molecular complexity index is 400. The molecule has 0 bridgehead atoms. The molecule has 0 amide bonds. The molecule has 0 spiro atoms. The highest BCUT2D eigenvalue weighted by atomic mass is 16.6. The standard InChI is InChI=1S/C15H20O4/c1-12(2)15(16)18-10-9-17-13(3)11-19-14-7-5-4-6-8-14/h4-8,13H,1,9-11H2,2-3H3. The Kier molecular flexibility index (Phi) is 6.68. The molecule has 1 aromatic rings. The summed E-state index contributed by atoms with van der Waals surface area (Å²) in [6.45, 7) is 8.04. The number of esters is 1. The van der Waals surface area contributed by atoms with Crippen LogP contribution in [-0.4, -0.2) is 31.9 Å². The van der Waals surface area contributed by atoms with E-state index in [1.165, 1.54) is 0 Å². The second-order valence-electron chi connectivity index (χ2n) is 4.22. The van der Waals surface area contributed by atoms with Gasteiger partial charge < -0.3 is 14.2 Å². The number of rotatable bonds is 8. The van der Waals surface area contributed by atoms with Crippen LogP contribution in [0.5, 0.6) is 5.75 Å². The molecule has 1 unspecified atom stereocenters. The first kappa shape index (κ1) is 15.2. The number of ether oxygens (including phenoxy) is 3. The van der Waals surface area contributed by atoms with Crippen molar-refractivity contribution in [2.75, 3.05) is 19.8 Å². The summed E-state index contributed by atoms with van der Waals surface area (Å²) in [5, 5.41) is 0. The van der Waals surface area contributed by atoms with Gasteiger partial charge in [-0.05, 0) is 26.0 Å². The van der Waals surface area contributed by atoms with Crippen LogP contribution in [0.2, 0.25) is 0 Å². The molecule has 0 aliphatic rings. The second kappa shape index (κ2) is 8.32. The zero-order valence-electron chi connectivity index (χ0n) is 11.4. The van der Waals surface area contributed by atoms with Gasteiger partial charge in [0.2, 0.25) is 0 Å². The molecule has 104 valence electrons. The third-order valence-corrected chi connectivity index (χ3v) is 2.30. The Hall–Kier alpha value is -1.81. The lowest BCUT2D eigenvalue weighted by Crippen LogP contribution is -2.21. The number of carbonyl (C=O) groups is 1. The SMILES string of the molecule is C=C(C)C(=O)OCCOC(C)COc1ccccc1. The maximum Gasteiger partial charge on any atom is 0.333 e. The maximum absolute atomic E-state index is 11.1. The summed E-state index contributed by atoms with van der Waals surface area (Å²) in [5.74, 6) is 0.420. The first-order valence-electron chi connectivity index (χ1n) is 6.21. The topological polar surface area (TPSA) is 44.8 Å². The van der Waals surface area contributed by atoms with Crippen molar-refractivity contribution in [2.45, 2.75) is 20.0 Å². The summed E-state index contributed by atoms with van der Waals surface area (Å²) >= 11 is 0. The molecule has 19 heavy (non-hydrogen) atoms. The number of carbonyl (C=O) groups excluding carboxylic acids is 1. The van der Waals surface area contributed by atoms with Gasteiger partial charge in [0.05, 0.1) is 12.7 Å². The number of hydrogen-bond donors (Lipinski definition) is 0. The van der Waals surface area contributed by atoms with E-state index in [2.05, 4.69) is 6.58 Å². The Morgan fingerprint density at radius 1 is 1.26 bits per heavy atom. The van der Waals surface area contributed by atoms with Crippen molar-refractivity contribution in [3.63, 3.8) is 0 Å². The van der Waals surface area contributed by atoms with Crippen molar-refractivity contribution in [3.8, 4) is 5.75 Å². The van der Waals surface area contributed by atoms with Gasteiger partial charge in [0, 0.05) is 5.57 Å². The lowest BCUT2D eigenvalue weighted by molar-refractivity contribution is -0.141. The zero-order valence-corrected chi connectivity index (χ0v) is 11.4. The molecule has 4 heteroatoms. The van der Waals surface area contributed by atoms with E-state index in [4.69, 9.17) is 14.2 Å². The van der Waals surface area contributed by atoms with Gasteiger partial charge in [0.25, 0.3) is 0 Å². The minimum absolute atomic E-state index is 0.0660. The highest BCUT2D eigenvalue weighted by Gasteiger charge is 2.05. The van der Waals surface area contributed by atoms with Crippen LogP contribution >= 0.6 is 0 Å². The third-order valence-electron chi connectivity index (χ3n) is 2.30. The molecule has 0 radical (unpaired) electrons. The number of benzene rings is 1. The molecule has 0 fully saturated rings. The van der Waals surface area contributed by atoms with E-state index < -0.39 is 5.97 Å². The molecule has 0 aliphatic heterocycles. The molecule has 0 saturated carbocycles. The van der Waals surface area contributed by atoms with E-state index in [9.17, 15) is 4.79 Å². The van der Waals surface area contributed by atoms with Crippen LogP contribution < -0.4 is 4.74 Å². The molecule has 0 aromatic heterocycles. The smallest absolute Gasteiger partial charge is 0.333 e. The lowest BCUT2D eigenvalue weighted by Gasteiger charge is -2.14. The van der Waals surface area contributed by atoms with Crippen LogP contribution in [0, 0.1) is 0 Å². The molecule has 1 atom stereocenters. The average Bonchev–Trinajstić information content (AvgIpc) is 2.42. The van der Waals surface area contributed by atoms with Gasteiger partial charge in [-0.3, -0.25) is 0 Å². The second-order valence-corrected chi connectivity index (χ2v) is 4.22. The zero-order chi connectivity index (χ0) is 14.1. The van der Waals surface area contributed by atoms with Gasteiger partial charge >= 0.3 is 5.97 Å². The Morgan fingerprint density at radius 3 is 2.58 bits per heavy atom. The Labute approximate surface area is 114 Å². The predicted molar refractivity (Wildman–Crippen MR) is 73.1 cm³/mol. The molecule has 0 heterocycles. The first-order chi connectivity index (χ1) is 9.09. The molecular formula is C15H20O4. The van der Waals surface area contributed by atoms with E-state index in [1.54, 1.807) is 6.92 Å². The fourth-order valence-electron chi connectivity index (χ4n) is 1.29. The molecule has 0 N–H and O–H groups in total. The Balaban J connectivity index is 2.10. The largest absolute Gasteiger partial charge is 0.491 e. The summed E-state index contributed by atoms with van der Waals surface area (Å²) in [4.78, 5) is 11.1. The van der Waals surface area contributed by atoms with Gasteiger partial charge in [-0.2, -0.15) is 0 Å². The van der Waals surface area contributed by atoms with E-state index in [0.717, 1.165) is 5.75 Å². The fourth-order valence-corrected chi connectivity index (χ4v) is 1.29. The molecule has 0 aliphatic carbocycles. The minimum atomic E-state index is -0.392. The average molecular weight is 264 g/mol. The van der Waals surface area contributed by atoms with Crippen molar-refractivity contribution in [1.29, 1.82) is 0 Å². The molecular weight excluding hydrogens is 244 g/mol. The van der Waals surface area contributed by atoms with Crippen LogP contribution in [-0.2, 0) is 14.3 Å². The van der Waals surface area contributed by atoms with Gasteiger partial charge in [-0.15, -0.1) is 0 Å². The van der Waals surface area contributed by atoms with E-state index >= 15 is 0 Å². The highest BCUT2D eigenvalue weighted by molar-refractivity contribution is 5.86. The van der Waals surface area contributed by atoms with Crippen LogP contribution in [0.3, 0.4) is 0 Å². The number of para-hydroxylation sites is 1. The van der Waals surface area contributed by atoms with Crippen LogP contribution in [0.1, 0.15) is 13.8 Å². The normalized spacial score (nSPS) is 11.7. The van der Waals surface area contributed by atoms with Crippen molar-refractivity contribution in [2.24, 2.45) is 0 Å². The van der Waals surface area contributed by atoms with Crippen molar-refractivity contribution >= 4 is 5.97 Å². The van der Waals surface area contributed by atoms with E-state index in [1.807, 2.05) is 37.3 Å². The Morgan fingerprint density at radius 2 is 1.95 bits per heavy atom. The first-order valence-corrected chi connectivity index (χ1v) is 6.21. The van der Waals surface area contributed by atoms with Crippen LogP contribution in [0.15, 0.2) is 42.5 Å². The van der Waals surface area contributed by atoms with Crippen molar-refractivity contribution < 1.29 is 19.0 Å². The summed E-state index contributed by atoms with van der Waals surface area (Å²) in [7, 11) is 0. The lowest BCUT2D eigenvalue weighted by atomic mass is 10.3. The predicted octanol–water partition coefficient (Wildman–Crippen LogP) is 2.59. The van der Waals surface area contributed by atoms with Gasteiger partial charge in [0.1, 0.15) is 19.0 Å². The summed E-state index contributed by atoms with van der Waals surface area (Å²) in [5.41, 5.74) is 0.389. The van der Waals surface area contributed by atoms with Gasteiger partial charge in [0.15, 0.2) is 0 Å². The number of hydrogen-bond acceptors (Lipinski definition) is 4. The van der Waals surface area contributed by atoms with Crippen molar-refractivity contribution in [1.82, 2.24) is 0 Å². The summed E-state index contributed by atoms with van der Waals surface area (Å²) in [6, 6.07) is 9.54. The van der Waals surface area contributed by atoms with Gasteiger partial charge in [-0.25, -0.2) is 4.79 Å². The van der Waals surface area contributed by atoms with E-state index in [-0.39, 0.29) is 12.7 Å². The monoisotopic (exact) mass is 264 g/mol. The van der Waals surface area contributed by atoms with Crippen molar-refractivity contribution in [3.05, 3.63) is 42.5 Å². The molecule has 1 rings (SSSR count). The highest BCUT2D eigenvalue weighted by Crippen LogP contribution is 2.09. The van der Waals surface area contributed by atoms with Crippen LogP contribution in [0.25, 0.3) is 0 Å². The summed E-state index contributed by atoms with van der Waals surface area (Å²) in [6.07, 6.45) is -0.0660. The quantitative estimate of drug-likeness (QED) is 0.411.